The molecular formula is C15H23N3O. The van der Waals surface area contributed by atoms with Gasteiger partial charge in [-0.25, -0.2) is 0 Å². The number of likely N-dealkylation sites (N-methyl/N-ethyl adjacent to an activating group) is 1. The van der Waals surface area contributed by atoms with Gasteiger partial charge in [0.1, 0.15) is 0 Å². The predicted molar refractivity (Wildman–Crippen MR) is 77.8 cm³/mol. The molecule has 0 aliphatic carbocycles. The molecule has 1 amide bonds. The van der Waals surface area contributed by atoms with Gasteiger partial charge in [0.15, 0.2) is 0 Å². The minimum atomic E-state index is 0.215. The van der Waals surface area contributed by atoms with Crippen LogP contribution in [0.4, 0.5) is 5.69 Å². The van der Waals surface area contributed by atoms with Crippen molar-refractivity contribution in [2.75, 3.05) is 32.4 Å². The van der Waals surface area contributed by atoms with Crippen LogP contribution >= 0.6 is 0 Å². The maximum atomic E-state index is 12.4. The summed E-state index contributed by atoms with van der Waals surface area (Å²) in [5.74, 6) is 0.215. The molecule has 1 aromatic carbocycles. The van der Waals surface area contributed by atoms with Crippen LogP contribution in [0.15, 0.2) is 24.3 Å². The van der Waals surface area contributed by atoms with Crippen molar-refractivity contribution in [1.82, 2.24) is 9.80 Å². The van der Waals surface area contributed by atoms with Crippen molar-refractivity contribution in [3.8, 4) is 0 Å². The fraction of sp³-hybridized carbons (Fsp3) is 0.533. The highest BCUT2D eigenvalue weighted by Crippen LogP contribution is 2.12. The Morgan fingerprint density at radius 1 is 1.32 bits per heavy atom. The lowest BCUT2D eigenvalue weighted by molar-refractivity contribution is -0.132. The van der Waals surface area contributed by atoms with E-state index < -0.39 is 0 Å². The van der Waals surface area contributed by atoms with Gasteiger partial charge in [0, 0.05) is 24.8 Å². The molecule has 0 saturated carbocycles. The number of hydrogen-bond acceptors (Lipinski definition) is 3. The van der Waals surface area contributed by atoms with Crippen LogP contribution in [0.5, 0.6) is 0 Å². The molecule has 1 saturated heterocycles. The van der Waals surface area contributed by atoms with E-state index >= 15 is 0 Å². The summed E-state index contributed by atoms with van der Waals surface area (Å²) in [7, 11) is 2.12. The second-order valence-electron chi connectivity index (χ2n) is 5.47. The Kier molecular flexibility index (Phi) is 4.43. The smallest absolute Gasteiger partial charge is 0.227 e. The molecule has 19 heavy (non-hydrogen) atoms. The van der Waals surface area contributed by atoms with Gasteiger partial charge in [-0.1, -0.05) is 12.1 Å². The molecule has 0 aromatic heterocycles. The molecule has 0 radical (unpaired) electrons. The molecule has 1 aliphatic rings. The molecule has 1 aromatic rings. The number of nitrogens with zero attached hydrogens (tertiary/aromatic N) is 2. The van der Waals surface area contributed by atoms with E-state index in [0.29, 0.717) is 6.42 Å². The van der Waals surface area contributed by atoms with Crippen molar-refractivity contribution in [2.24, 2.45) is 0 Å². The minimum Gasteiger partial charge on any atom is -0.399 e. The summed E-state index contributed by atoms with van der Waals surface area (Å²) >= 11 is 0. The highest BCUT2D eigenvalue weighted by molar-refractivity contribution is 5.79. The van der Waals surface area contributed by atoms with E-state index in [1.54, 1.807) is 0 Å². The Labute approximate surface area is 115 Å². The Balaban J connectivity index is 2.00. The molecular weight excluding hydrogens is 238 g/mol. The molecule has 1 aliphatic heterocycles. The average molecular weight is 261 g/mol. The Morgan fingerprint density at radius 3 is 2.68 bits per heavy atom. The van der Waals surface area contributed by atoms with Crippen LogP contribution in [-0.2, 0) is 11.2 Å². The highest BCUT2D eigenvalue weighted by atomic mass is 16.2. The summed E-state index contributed by atoms with van der Waals surface area (Å²) < 4.78 is 0. The lowest BCUT2D eigenvalue weighted by atomic mass is 10.1. The third-order valence-electron chi connectivity index (χ3n) is 3.70. The lowest BCUT2D eigenvalue weighted by Gasteiger charge is -2.28. The number of anilines is 1. The monoisotopic (exact) mass is 261 g/mol. The van der Waals surface area contributed by atoms with Gasteiger partial charge in [-0.3, -0.25) is 4.79 Å². The van der Waals surface area contributed by atoms with Crippen LogP contribution < -0.4 is 5.73 Å². The van der Waals surface area contributed by atoms with E-state index in [2.05, 4.69) is 18.9 Å². The number of nitrogens with two attached hydrogens (primary N) is 1. The number of benzene rings is 1. The fourth-order valence-electron chi connectivity index (χ4n) is 2.65. The van der Waals surface area contributed by atoms with E-state index in [4.69, 9.17) is 5.73 Å². The largest absolute Gasteiger partial charge is 0.399 e. The van der Waals surface area contributed by atoms with Crippen LogP contribution in [-0.4, -0.2) is 48.4 Å². The zero-order valence-electron chi connectivity index (χ0n) is 11.8. The lowest BCUT2D eigenvalue weighted by Crippen LogP contribution is -2.42. The quantitative estimate of drug-likeness (QED) is 0.818. The fourth-order valence-corrected chi connectivity index (χ4v) is 2.65. The molecule has 4 heteroatoms. The molecule has 0 bridgehead atoms. The van der Waals surface area contributed by atoms with Crippen LogP contribution in [0, 0.1) is 0 Å². The predicted octanol–water partition coefficient (Wildman–Crippen LogP) is 1.36. The topological polar surface area (TPSA) is 49.6 Å². The van der Waals surface area contributed by atoms with Crippen LogP contribution in [0.25, 0.3) is 0 Å². The highest BCUT2D eigenvalue weighted by Gasteiger charge is 2.23. The first-order valence-electron chi connectivity index (χ1n) is 6.88. The summed E-state index contributed by atoms with van der Waals surface area (Å²) in [6.07, 6.45) is 1.52. The van der Waals surface area contributed by atoms with E-state index in [0.717, 1.165) is 37.3 Å². The van der Waals surface area contributed by atoms with Gasteiger partial charge in [-0.2, -0.15) is 0 Å². The second-order valence-corrected chi connectivity index (χ2v) is 5.47. The first-order valence-corrected chi connectivity index (χ1v) is 6.88. The standard InChI is InChI=1S/C15H23N3O/c1-12-11-17(2)8-3-9-18(12)15(19)10-13-4-6-14(16)7-5-13/h4-7,12H,3,8-11,16H2,1-2H3. The number of carbonyl (C=O) groups is 1. The Morgan fingerprint density at radius 2 is 2.00 bits per heavy atom. The number of amides is 1. The van der Waals surface area contributed by atoms with Crippen molar-refractivity contribution in [3.63, 3.8) is 0 Å². The number of hydrogen-bond donors (Lipinski definition) is 1. The van der Waals surface area contributed by atoms with Crippen molar-refractivity contribution >= 4 is 11.6 Å². The molecule has 0 spiro atoms. The molecule has 1 unspecified atom stereocenters. The van der Waals surface area contributed by atoms with Gasteiger partial charge in [0.05, 0.1) is 6.42 Å². The zero-order valence-corrected chi connectivity index (χ0v) is 11.8. The first kappa shape index (κ1) is 13.9. The van der Waals surface area contributed by atoms with Crippen molar-refractivity contribution < 1.29 is 4.79 Å². The minimum absolute atomic E-state index is 0.215. The van der Waals surface area contributed by atoms with Gasteiger partial charge in [0.2, 0.25) is 5.91 Å². The number of rotatable bonds is 2. The molecule has 1 heterocycles. The second kappa shape index (κ2) is 6.06. The van der Waals surface area contributed by atoms with Gasteiger partial charge in [-0.15, -0.1) is 0 Å². The SMILES string of the molecule is CC1CN(C)CCCN1C(=O)Cc1ccc(N)cc1. The van der Waals surface area contributed by atoms with Gasteiger partial charge in [-0.05, 0) is 44.6 Å². The number of carbonyl (C=O) groups excluding carboxylic acids is 1. The average Bonchev–Trinajstić information content (AvgIpc) is 2.53. The molecule has 104 valence electrons. The first-order chi connectivity index (χ1) is 9.06. The Hall–Kier alpha value is -1.55. The third-order valence-corrected chi connectivity index (χ3v) is 3.70. The molecule has 1 atom stereocenters. The van der Waals surface area contributed by atoms with Gasteiger partial charge in [0.25, 0.3) is 0 Å². The summed E-state index contributed by atoms with van der Waals surface area (Å²) in [4.78, 5) is 16.7. The maximum absolute atomic E-state index is 12.4. The van der Waals surface area contributed by atoms with E-state index in [9.17, 15) is 4.79 Å². The van der Waals surface area contributed by atoms with Crippen molar-refractivity contribution in [2.45, 2.75) is 25.8 Å². The Bertz CT molecular complexity index is 430. The van der Waals surface area contributed by atoms with E-state index in [1.165, 1.54) is 0 Å². The number of nitrogen functional groups attached to an aromatic ring is 1. The van der Waals surface area contributed by atoms with Crippen molar-refractivity contribution in [3.05, 3.63) is 29.8 Å². The van der Waals surface area contributed by atoms with Crippen LogP contribution in [0.3, 0.4) is 0 Å². The third kappa shape index (κ3) is 3.70. The van der Waals surface area contributed by atoms with Gasteiger partial charge < -0.3 is 15.5 Å². The normalized spacial score (nSPS) is 21.2. The summed E-state index contributed by atoms with van der Waals surface area (Å²) in [5.41, 5.74) is 7.43. The van der Waals surface area contributed by atoms with Crippen molar-refractivity contribution in [1.29, 1.82) is 0 Å². The summed E-state index contributed by atoms with van der Waals surface area (Å²) in [5, 5.41) is 0. The molecule has 1 fully saturated rings. The van der Waals surface area contributed by atoms with E-state index in [-0.39, 0.29) is 11.9 Å². The van der Waals surface area contributed by atoms with E-state index in [1.807, 2.05) is 29.2 Å². The molecule has 2 rings (SSSR count). The maximum Gasteiger partial charge on any atom is 0.227 e. The van der Waals surface area contributed by atoms with Crippen LogP contribution in [0.1, 0.15) is 18.9 Å². The molecule has 2 N–H and O–H groups in total. The molecule has 4 nitrogen and oxygen atoms in total. The summed E-state index contributed by atoms with van der Waals surface area (Å²) in [6.45, 7) is 5.01. The van der Waals surface area contributed by atoms with Crippen LogP contribution in [0.2, 0.25) is 0 Å². The zero-order chi connectivity index (χ0) is 13.8. The van der Waals surface area contributed by atoms with Gasteiger partial charge >= 0.3 is 0 Å². The summed E-state index contributed by atoms with van der Waals surface area (Å²) in [6, 6.07) is 7.85.